The molecule has 0 bridgehead atoms. The first kappa shape index (κ1) is 70.2. The third-order valence-corrected chi connectivity index (χ3v) is 24.4. The minimum absolute atomic E-state index is 0.0645. The van der Waals surface area contributed by atoms with Crippen LogP contribution in [0.25, 0.3) is 76.1 Å². The molecule has 2 aliphatic carbocycles. The zero-order valence-corrected chi connectivity index (χ0v) is 64.6. The van der Waals surface area contributed by atoms with Crippen LogP contribution in [0.15, 0.2) is 353 Å². The summed E-state index contributed by atoms with van der Waals surface area (Å²) in [6.07, 6.45) is 3.66. The van der Waals surface area contributed by atoms with Crippen molar-refractivity contribution < 1.29 is 18.3 Å². The molecular formula is C106H80F2N2O2S. The molecule has 4 nitrogen and oxygen atoms in total. The molecule has 0 amide bonds. The second-order valence-electron chi connectivity index (χ2n) is 32.0. The minimum atomic E-state index is -0.760. The van der Waals surface area contributed by atoms with E-state index in [9.17, 15) is 0 Å². The molecule has 1 heterocycles. The summed E-state index contributed by atoms with van der Waals surface area (Å²) >= 11 is 1.80. The Morgan fingerprint density at radius 1 is 0.301 bits per heavy atom. The van der Waals surface area contributed by atoms with E-state index in [0.717, 1.165) is 145 Å². The van der Waals surface area contributed by atoms with Gasteiger partial charge in [0, 0.05) is 54.3 Å². The second-order valence-corrected chi connectivity index (χ2v) is 33.1. The molecule has 113 heavy (non-hydrogen) atoms. The number of benzene rings is 16. The Morgan fingerprint density at radius 3 is 0.965 bits per heavy atom. The Bertz CT molecular complexity index is 6190. The van der Waals surface area contributed by atoms with Gasteiger partial charge in [-0.1, -0.05) is 237 Å². The van der Waals surface area contributed by atoms with Gasteiger partial charge in [0.1, 0.15) is 34.6 Å². The molecule has 16 aromatic carbocycles. The topological polar surface area (TPSA) is 24.9 Å². The fourth-order valence-electron chi connectivity index (χ4n) is 17.6. The molecule has 17 aromatic rings. The number of halogens is 2. The van der Waals surface area contributed by atoms with E-state index in [4.69, 9.17) is 9.47 Å². The van der Waals surface area contributed by atoms with Gasteiger partial charge in [-0.3, -0.25) is 0 Å². The molecule has 0 saturated carbocycles. The van der Waals surface area contributed by atoms with Crippen molar-refractivity contribution in [3.63, 3.8) is 0 Å². The number of thiophene rings is 1. The van der Waals surface area contributed by atoms with Crippen LogP contribution in [-0.4, -0.2) is 0 Å². The average Bonchev–Trinajstić information content (AvgIpc) is 1.52. The van der Waals surface area contributed by atoms with Gasteiger partial charge in [0.25, 0.3) is 0 Å². The molecule has 0 saturated heterocycles. The van der Waals surface area contributed by atoms with Crippen LogP contribution in [-0.2, 0) is 21.7 Å². The molecule has 7 heteroatoms. The van der Waals surface area contributed by atoms with Crippen LogP contribution < -0.4 is 19.3 Å². The number of anilines is 6. The van der Waals surface area contributed by atoms with Crippen LogP contribution >= 0.6 is 11.3 Å². The maximum atomic E-state index is 15.3. The lowest BCUT2D eigenvalue weighted by Gasteiger charge is -2.35. The van der Waals surface area contributed by atoms with Crippen LogP contribution in [0.4, 0.5) is 42.9 Å². The summed E-state index contributed by atoms with van der Waals surface area (Å²) in [4.78, 5) is 4.54. The summed E-state index contributed by atoms with van der Waals surface area (Å²) in [6.45, 7) is 21.4. The third kappa shape index (κ3) is 12.1. The van der Waals surface area contributed by atoms with Crippen LogP contribution in [0.5, 0.6) is 23.0 Å². The van der Waals surface area contributed by atoms with Crippen molar-refractivity contribution >= 4 is 99.3 Å². The highest BCUT2D eigenvalue weighted by Gasteiger charge is 2.49. The van der Waals surface area contributed by atoms with Gasteiger partial charge in [0.15, 0.2) is 0 Å². The van der Waals surface area contributed by atoms with Crippen molar-refractivity contribution in [1.29, 1.82) is 0 Å². The lowest BCUT2D eigenvalue weighted by atomic mass is 9.67. The Balaban J connectivity index is 0.728. The quantitative estimate of drug-likeness (QED) is 0.0963. The number of rotatable bonds is 16. The molecule has 19 rings (SSSR count). The van der Waals surface area contributed by atoms with Crippen molar-refractivity contribution in [3.8, 4) is 45.3 Å². The van der Waals surface area contributed by atoms with Crippen molar-refractivity contribution in [2.75, 3.05) is 9.80 Å². The Labute approximate surface area is 662 Å². The van der Waals surface area contributed by atoms with E-state index in [1.54, 1.807) is 35.6 Å². The molecule has 0 N–H and O–H groups in total. The minimum Gasteiger partial charge on any atom is -0.457 e. The number of fused-ring (bicyclic) bond motifs is 11. The van der Waals surface area contributed by atoms with Gasteiger partial charge in [-0.2, -0.15) is 0 Å². The van der Waals surface area contributed by atoms with E-state index >= 15 is 8.78 Å². The first-order chi connectivity index (χ1) is 54.9. The van der Waals surface area contributed by atoms with Crippen LogP contribution in [0.3, 0.4) is 0 Å². The van der Waals surface area contributed by atoms with E-state index in [-0.39, 0.29) is 22.5 Å². The Morgan fingerprint density at radius 2 is 0.611 bits per heavy atom. The van der Waals surface area contributed by atoms with Gasteiger partial charge in [-0.25, -0.2) is 8.78 Å². The maximum Gasteiger partial charge on any atom is 0.127 e. The molecule has 2 unspecified atom stereocenters. The number of hydrogen-bond donors (Lipinski definition) is 0. The molecule has 0 fully saturated rings. The van der Waals surface area contributed by atoms with E-state index in [1.165, 1.54) is 42.8 Å². The summed E-state index contributed by atoms with van der Waals surface area (Å²) < 4.78 is 46.0. The fraction of sp³-hybridized carbons (Fsp3) is 0.0943. The summed E-state index contributed by atoms with van der Waals surface area (Å²) in [6, 6.07) is 119. The highest BCUT2D eigenvalue weighted by atomic mass is 32.1. The first-order valence-electron chi connectivity index (χ1n) is 38.6. The van der Waals surface area contributed by atoms with E-state index in [2.05, 4.69) is 307 Å². The van der Waals surface area contributed by atoms with Gasteiger partial charge in [0.05, 0.1) is 10.8 Å². The Hall–Kier alpha value is -13.2. The predicted octanol–water partition coefficient (Wildman–Crippen LogP) is 29.8. The van der Waals surface area contributed by atoms with Crippen molar-refractivity contribution in [2.24, 2.45) is 0 Å². The molecule has 546 valence electrons. The number of nitrogens with zero attached hydrogens (tertiary/aromatic N) is 2. The third-order valence-electron chi connectivity index (χ3n) is 23.3. The molecule has 2 atom stereocenters. The van der Waals surface area contributed by atoms with Gasteiger partial charge < -0.3 is 19.3 Å². The molecule has 2 aliphatic rings. The lowest BCUT2D eigenvalue weighted by Crippen LogP contribution is -2.29. The molecule has 1 aromatic heterocycles. The zero-order chi connectivity index (χ0) is 77.1. The van der Waals surface area contributed by atoms with Crippen LogP contribution in [0.1, 0.15) is 108 Å². The summed E-state index contributed by atoms with van der Waals surface area (Å²) in [5, 5.41) is 6.65. The Kier molecular flexibility index (Phi) is 17.0. The van der Waals surface area contributed by atoms with E-state index in [0.29, 0.717) is 0 Å². The van der Waals surface area contributed by atoms with Crippen LogP contribution in [0.2, 0.25) is 0 Å². The van der Waals surface area contributed by atoms with E-state index < -0.39 is 10.8 Å². The largest absolute Gasteiger partial charge is 0.457 e. The van der Waals surface area contributed by atoms with Gasteiger partial charge >= 0.3 is 0 Å². The summed E-state index contributed by atoms with van der Waals surface area (Å²) in [7, 11) is 0. The highest BCUT2D eigenvalue weighted by Crippen LogP contribution is 2.60. The smallest absolute Gasteiger partial charge is 0.127 e. The maximum absolute atomic E-state index is 15.3. The number of hydrogen-bond acceptors (Lipinski definition) is 5. The predicted molar refractivity (Wildman–Crippen MR) is 469 cm³/mol. The molecular weight excluding hydrogens is 1400 g/mol. The standard InChI is InChI=1S/C106H80F2N2O2S/c1-9-67-19-49-87(50-20-67)111-89-53-33-77(34-54-89)105(75-29-25-73(26-30-75)103(3,4)5)97-17-13-11-15-91(97)93-57-47-85(65-99(93)105)109(81-43-37-79(107)38-44-81)83-41-23-69-63-101-95(61-71(69)59-83)96-62-72-60-84(42-24-70(72)64-102(96)113-101)110(82-45-39-80(108)40-46-82)86-48-58-94-92-16-12-14-18-98(92)106(100(94)66-86,76-31-27-74(28-32-76)104(6,7)8)78-35-55-90(56-36-78)112-88-51-21-68(10-2)22-52-88/h9-66H,1-2H2,3-8H3. The normalized spacial score (nSPS) is 14.9. The van der Waals surface area contributed by atoms with Crippen LogP contribution in [0, 0.1) is 11.6 Å². The first-order valence-corrected chi connectivity index (χ1v) is 39.4. The molecule has 0 radical (unpaired) electrons. The van der Waals surface area contributed by atoms with Gasteiger partial charge in [0.2, 0.25) is 0 Å². The fourth-order valence-corrected chi connectivity index (χ4v) is 18.7. The molecule has 0 aliphatic heterocycles. The lowest BCUT2D eigenvalue weighted by molar-refractivity contribution is 0.482. The zero-order valence-electron chi connectivity index (χ0n) is 63.8. The van der Waals surface area contributed by atoms with Crippen molar-refractivity contribution in [1.82, 2.24) is 0 Å². The SMILES string of the molecule is C=Cc1ccc(Oc2ccc(C3(c4ccc(C(C)(C)C)cc4)c4ccccc4-c4ccc(N(c5ccc(F)cc5)c5ccc6cc7sc8cc9ccc(N(c%10ccc(F)cc%10)c%10ccc%11c(c%10)C(c%10ccc(Oc%12ccc(C=C)cc%12)cc%10)(c%10ccc(C(C)(C)C)cc%10)c%10ccccc%10-%11)cc9cc8c7cc6c5)cc43)cc2)cc1. The monoisotopic (exact) mass is 1480 g/mol. The number of ether oxygens (including phenoxy) is 2. The summed E-state index contributed by atoms with van der Waals surface area (Å²) in [5.74, 6) is 2.34. The second kappa shape index (κ2) is 27.4. The summed E-state index contributed by atoms with van der Waals surface area (Å²) in [5.41, 5.74) is 22.0. The van der Waals surface area contributed by atoms with Gasteiger partial charge in [-0.05, 0) is 291 Å². The van der Waals surface area contributed by atoms with Crippen molar-refractivity contribution in [3.05, 3.63) is 431 Å². The highest BCUT2D eigenvalue weighted by molar-refractivity contribution is 7.26. The molecule has 0 spiro atoms. The van der Waals surface area contributed by atoms with Gasteiger partial charge in [-0.15, -0.1) is 11.3 Å². The van der Waals surface area contributed by atoms with E-state index in [1.807, 2.05) is 84.9 Å². The average molecular weight is 1480 g/mol. The van der Waals surface area contributed by atoms with Crippen molar-refractivity contribution in [2.45, 2.75) is 63.2 Å².